The van der Waals surface area contributed by atoms with E-state index in [1.807, 2.05) is 18.2 Å². The number of para-hydroxylation sites is 1. The maximum absolute atomic E-state index is 13.8. The van der Waals surface area contributed by atoms with E-state index in [1.54, 1.807) is 6.07 Å². The van der Waals surface area contributed by atoms with Crippen LogP contribution in [0, 0.1) is 17.6 Å². The molecular weight excluding hydrogens is 478 g/mol. The Balaban J connectivity index is 1.28. The Hall–Kier alpha value is -2.59. The Kier molecular flexibility index (Phi) is 6.22. The van der Waals surface area contributed by atoms with Crippen LogP contribution in [0.4, 0.5) is 14.5 Å². The molecule has 0 bridgehead atoms. The standard InChI is InChI=1S/C28H34F2N4O3/c1-18(2)34-16-27(14-33(15-27)13-19-6-7-22(29)23(30)12-19)37-25-21(28(34)17-36-28)4-3-5-24(25)32-26(35)20-8-10-31-11-9-20/h3-7,12,18,20,31H,8-11,13-17H2,1-2H3,(H,32,35). The normalized spacial score (nSPS) is 25.4. The molecule has 37 heavy (non-hydrogen) atoms. The van der Waals surface area contributed by atoms with Crippen molar-refractivity contribution in [3.8, 4) is 5.75 Å². The van der Waals surface area contributed by atoms with E-state index in [4.69, 9.17) is 9.47 Å². The SMILES string of the molecule is CC(C)N1CC2(CN(Cc3ccc(F)c(F)c3)C2)Oc2c(NC(=O)C3CCNCC3)cccc2C12CO2. The number of rotatable bonds is 5. The quantitative estimate of drug-likeness (QED) is 0.599. The number of nitrogens with one attached hydrogen (secondary N) is 2. The maximum Gasteiger partial charge on any atom is 0.227 e. The largest absolute Gasteiger partial charge is 0.481 e. The predicted octanol–water partition coefficient (Wildman–Crippen LogP) is 3.44. The molecule has 0 aliphatic carbocycles. The summed E-state index contributed by atoms with van der Waals surface area (Å²) in [7, 11) is 0. The molecule has 0 saturated carbocycles. The number of fused-ring (bicyclic) bond motifs is 2. The molecule has 2 aromatic carbocycles. The first kappa shape index (κ1) is 24.7. The van der Waals surface area contributed by atoms with E-state index < -0.39 is 23.0 Å². The van der Waals surface area contributed by atoms with Crippen LogP contribution in [0.2, 0.25) is 0 Å². The van der Waals surface area contributed by atoms with Gasteiger partial charge in [0, 0.05) is 43.7 Å². The Morgan fingerprint density at radius 1 is 1.14 bits per heavy atom. The minimum absolute atomic E-state index is 0.0227. The van der Waals surface area contributed by atoms with Crippen molar-refractivity contribution in [2.45, 2.75) is 50.6 Å². The molecule has 1 amide bonds. The van der Waals surface area contributed by atoms with E-state index in [-0.39, 0.29) is 17.9 Å². The average Bonchev–Trinajstić information content (AvgIpc) is 3.67. The van der Waals surface area contributed by atoms with E-state index in [9.17, 15) is 13.6 Å². The molecule has 4 heterocycles. The monoisotopic (exact) mass is 512 g/mol. The van der Waals surface area contributed by atoms with Gasteiger partial charge in [-0.15, -0.1) is 0 Å². The van der Waals surface area contributed by atoms with Crippen LogP contribution < -0.4 is 15.4 Å². The molecule has 6 rings (SSSR count). The number of hydrogen-bond acceptors (Lipinski definition) is 6. The lowest BCUT2D eigenvalue weighted by Gasteiger charge is -2.51. The topological polar surface area (TPSA) is 69.4 Å². The number of hydrogen-bond donors (Lipinski definition) is 2. The lowest BCUT2D eigenvalue weighted by Crippen LogP contribution is -2.69. The molecule has 0 radical (unpaired) electrons. The summed E-state index contributed by atoms with van der Waals surface area (Å²) in [6.45, 7) is 8.99. The Morgan fingerprint density at radius 3 is 2.57 bits per heavy atom. The third-order valence-corrected chi connectivity index (χ3v) is 8.10. The Bertz CT molecular complexity index is 1190. The minimum atomic E-state index is -0.839. The van der Waals surface area contributed by atoms with Crippen LogP contribution in [-0.2, 0) is 21.8 Å². The molecular formula is C28H34F2N4O3. The summed E-state index contributed by atoms with van der Waals surface area (Å²) in [5.74, 6) is -0.991. The molecule has 2 N–H and O–H groups in total. The molecule has 9 heteroatoms. The predicted molar refractivity (Wildman–Crippen MR) is 135 cm³/mol. The molecule has 1 unspecified atom stereocenters. The number of piperidine rings is 1. The highest BCUT2D eigenvalue weighted by Gasteiger charge is 2.61. The van der Waals surface area contributed by atoms with Crippen LogP contribution >= 0.6 is 0 Å². The Labute approximate surface area is 216 Å². The lowest BCUT2D eigenvalue weighted by atomic mass is 9.91. The van der Waals surface area contributed by atoms with Crippen LogP contribution in [-0.4, -0.2) is 66.7 Å². The van der Waals surface area contributed by atoms with Gasteiger partial charge in [0.1, 0.15) is 5.60 Å². The number of ether oxygens (including phenoxy) is 2. The highest BCUT2D eigenvalue weighted by Crippen LogP contribution is 2.53. The van der Waals surface area contributed by atoms with Crippen molar-refractivity contribution >= 4 is 11.6 Å². The summed E-state index contributed by atoms with van der Waals surface area (Å²) in [4.78, 5) is 17.7. The van der Waals surface area contributed by atoms with Gasteiger partial charge in [-0.2, -0.15) is 0 Å². The van der Waals surface area contributed by atoms with Gasteiger partial charge >= 0.3 is 0 Å². The zero-order chi connectivity index (χ0) is 25.8. The van der Waals surface area contributed by atoms with E-state index in [0.29, 0.717) is 44.2 Å². The Morgan fingerprint density at radius 2 is 1.89 bits per heavy atom. The van der Waals surface area contributed by atoms with Gasteiger partial charge in [0.15, 0.2) is 23.1 Å². The first-order valence-electron chi connectivity index (χ1n) is 13.2. The van der Waals surface area contributed by atoms with Crippen molar-refractivity contribution in [3.63, 3.8) is 0 Å². The molecule has 2 spiro atoms. The lowest BCUT2D eigenvalue weighted by molar-refractivity contribution is -0.120. The van der Waals surface area contributed by atoms with Crippen LogP contribution in [0.3, 0.4) is 0 Å². The third-order valence-electron chi connectivity index (χ3n) is 8.10. The second kappa shape index (κ2) is 9.31. The zero-order valence-electron chi connectivity index (χ0n) is 21.4. The highest BCUT2D eigenvalue weighted by molar-refractivity contribution is 5.94. The van der Waals surface area contributed by atoms with E-state index in [1.165, 1.54) is 12.1 Å². The second-order valence-electron chi connectivity index (χ2n) is 11.2. The summed E-state index contributed by atoms with van der Waals surface area (Å²) < 4.78 is 40.1. The molecule has 0 aromatic heterocycles. The number of amides is 1. The fraction of sp³-hybridized carbons (Fsp3) is 0.536. The molecule has 198 valence electrons. The number of halogens is 2. The number of likely N-dealkylation sites (tertiary alicyclic amines) is 1. The van der Waals surface area contributed by atoms with E-state index >= 15 is 0 Å². The summed E-state index contributed by atoms with van der Waals surface area (Å²) in [6, 6.07) is 10.2. The number of carbonyl (C=O) groups excluding carboxylic acids is 1. The molecule has 3 saturated heterocycles. The fourth-order valence-corrected chi connectivity index (χ4v) is 6.14. The number of carbonyl (C=O) groups is 1. The van der Waals surface area contributed by atoms with Gasteiger partial charge in [-0.3, -0.25) is 14.6 Å². The van der Waals surface area contributed by atoms with Gasteiger partial charge in [0.25, 0.3) is 0 Å². The summed E-state index contributed by atoms with van der Waals surface area (Å²) in [5, 5.41) is 6.48. The van der Waals surface area contributed by atoms with Crippen LogP contribution in [0.1, 0.15) is 37.8 Å². The van der Waals surface area contributed by atoms with Crippen molar-refractivity contribution in [3.05, 3.63) is 59.2 Å². The smallest absolute Gasteiger partial charge is 0.227 e. The van der Waals surface area contributed by atoms with Crippen molar-refractivity contribution in [1.82, 2.24) is 15.1 Å². The zero-order valence-corrected chi connectivity index (χ0v) is 21.4. The van der Waals surface area contributed by atoms with Crippen molar-refractivity contribution in [1.29, 1.82) is 0 Å². The van der Waals surface area contributed by atoms with Crippen LogP contribution in [0.25, 0.3) is 0 Å². The molecule has 1 atom stereocenters. The van der Waals surface area contributed by atoms with Crippen LogP contribution in [0.15, 0.2) is 36.4 Å². The van der Waals surface area contributed by atoms with Gasteiger partial charge in [0.05, 0.1) is 12.3 Å². The summed E-state index contributed by atoms with van der Waals surface area (Å²) in [6.07, 6.45) is 1.64. The molecule has 4 aliphatic heterocycles. The van der Waals surface area contributed by atoms with E-state index in [2.05, 4.69) is 34.3 Å². The van der Waals surface area contributed by atoms with Gasteiger partial charge in [-0.1, -0.05) is 18.2 Å². The number of anilines is 1. The van der Waals surface area contributed by atoms with Gasteiger partial charge in [-0.25, -0.2) is 8.78 Å². The first-order valence-corrected chi connectivity index (χ1v) is 13.2. The maximum atomic E-state index is 13.8. The van der Waals surface area contributed by atoms with Crippen LogP contribution in [0.5, 0.6) is 5.75 Å². The highest BCUT2D eigenvalue weighted by atomic mass is 19.2. The number of benzene rings is 2. The second-order valence-corrected chi connectivity index (χ2v) is 11.2. The number of epoxide rings is 1. The average molecular weight is 513 g/mol. The van der Waals surface area contributed by atoms with Gasteiger partial charge < -0.3 is 20.1 Å². The molecule has 3 fully saturated rings. The number of nitrogens with zero attached hydrogens (tertiary/aromatic N) is 2. The van der Waals surface area contributed by atoms with Crippen molar-refractivity contribution in [2.24, 2.45) is 5.92 Å². The third kappa shape index (κ3) is 4.52. The van der Waals surface area contributed by atoms with Crippen molar-refractivity contribution < 1.29 is 23.0 Å². The molecule has 4 aliphatic rings. The summed E-state index contributed by atoms with van der Waals surface area (Å²) >= 11 is 0. The molecule has 2 aromatic rings. The molecule has 7 nitrogen and oxygen atoms in total. The first-order chi connectivity index (χ1) is 17.8. The fourth-order valence-electron chi connectivity index (χ4n) is 6.14. The van der Waals surface area contributed by atoms with Gasteiger partial charge in [0.2, 0.25) is 5.91 Å². The van der Waals surface area contributed by atoms with Crippen molar-refractivity contribution in [2.75, 3.05) is 44.6 Å². The summed E-state index contributed by atoms with van der Waals surface area (Å²) in [5.41, 5.74) is 1.27. The minimum Gasteiger partial charge on any atom is -0.481 e. The van der Waals surface area contributed by atoms with E-state index in [0.717, 1.165) is 37.1 Å². The van der Waals surface area contributed by atoms with Gasteiger partial charge in [-0.05, 0) is 63.5 Å².